The molecule has 1 fully saturated rings. The van der Waals surface area contributed by atoms with Crippen LogP contribution in [0.25, 0.3) is 0 Å². The first kappa shape index (κ1) is 14.3. The quantitative estimate of drug-likeness (QED) is 0.872. The maximum atomic E-state index is 5.94. The summed E-state index contributed by atoms with van der Waals surface area (Å²) in [6.45, 7) is 4.44. The number of aryl methyl sites for hydroxylation is 1. The molecule has 21 heavy (non-hydrogen) atoms. The van der Waals surface area contributed by atoms with Crippen molar-refractivity contribution in [2.75, 3.05) is 24.6 Å². The number of morpholine rings is 1. The van der Waals surface area contributed by atoms with Crippen LogP contribution in [0, 0.1) is 0 Å². The molecule has 1 aliphatic rings. The van der Waals surface area contributed by atoms with E-state index in [1.807, 2.05) is 24.3 Å². The molecule has 0 spiro atoms. The largest absolute Gasteiger partial charge is 0.370 e. The first-order chi connectivity index (χ1) is 10.3. The highest BCUT2D eigenvalue weighted by Crippen LogP contribution is 2.26. The predicted molar refractivity (Wildman–Crippen MR) is 83.8 cm³/mol. The van der Waals surface area contributed by atoms with Crippen LogP contribution in [-0.2, 0) is 11.2 Å². The molecule has 4 nitrogen and oxygen atoms in total. The maximum absolute atomic E-state index is 5.94. The van der Waals surface area contributed by atoms with Gasteiger partial charge < -0.3 is 9.64 Å². The van der Waals surface area contributed by atoms with E-state index in [0.717, 1.165) is 41.6 Å². The first-order valence-electron chi connectivity index (χ1n) is 7.19. The second-order valence-electron chi connectivity index (χ2n) is 5.08. The molecule has 1 aliphatic heterocycles. The highest BCUT2D eigenvalue weighted by molar-refractivity contribution is 6.30. The monoisotopic (exact) mass is 303 g/mol. The van der Waals surface area contributed by atoms with E-state index in [0.29, 0.717) is 6.61 Å². The van der Waals surface area contributed by atoms with Crippen LogP contribution in [0.2, 0.25) is 5.02 Å². The summed E-state index contributed by atoms with van der Waals surface area (Å²) in [5, 5.41) is 0.745. The highest BCUT2D eigenvalue weighted by atomic mass is 35.5. The number of hydrogen-bond donors (Lipinski definition) is 0. The Morgan fingerprint density at radius 2 is 2.10 bits per heavy atom. The van der Waals surface area contributed by atoms with Crippen molar-refractivity contribution >= 4 is 17.4 Å². The predicted octanol–water partition coefficient (Wildman–Crippen LogP) is 3.27. The van der Waals surface area contributed by atoms with E-state index in [1.54, 1.807) is 6.33 Å². The Morgan fingerprint density at radius 3 is 2.86 bits per heavy atom. The van der Waals surface area contributed by atoms with Crippen LogP contribution < -0.4 is 4.90 Å². The van der Waals surface area contributed by atoms with Crippen LogP contribution in [0.15, 0.2) is 36.7 Å². The molecular weight excluding hydrogens is 286 g/mol. The van der Waals surface area contributed by atoms with Crippen molar-refractivity contribution in [2.24, 2.45) is 0 Å². The Morgan fingerprint density at radius 1 is 1.29 bits per heavy atom. The second kappa shape index (κ2) is 6.41. The van der Waals surface area contributed by atoms with Gasteiger partial charge in [-0.2, -0.15) is 0 Å². The van der Waals surface area contributed by atoms with Crippen molar-refractivity contribution in [3.05, 3.63) is 52.9 Å². The fraction of sp³-hybridized carbons (Fsp3) is 0.375. The zero-order valence-electron chi connectivity index (χ0n) is 12.0. The summed E-state index contributed by atoms with van der Waals surface area (Å²) in [6.07, 6.45) is 2.61. The lowest BCUT2D eigenvalue weighted by molar-refractivity contribution is 0.0395. The zero-order chi connectivity index (χ0) is 14.7. The normalized spacial score (nSPS) is 18.8. The third-order valence-electron chi connectivity index (χ3n) is 3.70. The van der Waals surface area contributed by atoms with Gasteiger partial charge in [0, 0.05) is 29.9 Å². The standard InChI is InChI=1S/C16H18ClN3O/c1-2-14-9-16(19-11-18-14)20-7-8-21-15(10-20)12-3-5-13(17)6-4-12/h3-6,9,11,15H,2,7-8,10H2,1H3/t15-/m1/s1. The van der Waals surface area contributed by atoms with Gasteiger partial charge in [-0.05, 0) is 24.1 Å². The van der Waals surface area contributed by atoms with Crippen molar-refractivity contribution in [3.63, 3.8) is 0 Å². The first-order valence-corrected chi connectivity index (χ1v) is 7.57. The van der Waals surface area contributed by atoms with E-state index in [4.69, 9.17) is 16.3 Å². The summed E-state index contributed by atoms with van der Waals surface area (Å²) in [7, 11) is 0. The molecule has 5 heteroatoms. The Hall–Kier alpha value is -1.65. The number of nitrogens with zero attached hydrogens (tertiary/aromatic N) is 3. The molecule has 0 saturated carbocycles. The van der Waals surface area contributed by atoms with Gasteiger partial charge in [0.2, 0.25) is 0 Å². The Balaban J connectivity index is 1.77. The average Bonchev–Trinajstić information content (AvgIpc) is 2.56. The van der Waals surface area contributed by atoms with Crippen LogP contribution in [0.1, 0.15) is 24.3 Å². The molecule has 0 bridgehead atoms. The number of hydrogen-bond acceptors (Lipinski definition) is 4. The van der Waals surface area contributed by atoms with Crippen LogP contribution in [0.4, 0.5) is 5.82 Å². The lowest BCUT2D eigenvalue weighted by Gasteiger charge is -2.34. The van der Waals surface area contributed by atoms with Crippen LogP contribution >= 0.6 is 11.6 Å². The molecule has 0 amide bonds. The van der Waals surface area contributed by atoms with Gasteiger partial charge in [0.25, 0.3) is 0 Å². The molecular formula is C16H18ClN3O. The van der Waals surface area contributed by atoms with Crippen molar-refractivity contribution in [2.45, 2.75) is 19.4 Å². The topological polar surface area (TPSA) is 38.2 Å². The lowest BCUT2D eigenvalue weighted by atomic mass is 10.1. The van der Waals surface area contributed by atoms with E-state index in [1.165, 1.54) is 0 Å². The molecule has 3 rings (SSSR count). The third-order valence-corrected chi connectivity index (χ3v) is 3.96. The Bertz CT molecular complexity index is 603. The molecule has 1 atom stereocenters. The minimum absolute atomic E-state index is 0.0519. The fourth-order valence-electron chi connectivity index (χ4n) is 2.49. The molecule has 0 aliphatic carbocycles. The molecule has 110 valence electrons. The van der Waals surface area contributed by atoms with Crippen LogP contribution in [0.5, 0.6) is 0 Å². The SMILES string of the molecule is CCc1cc(N2CCO[C@@H](c3ccc(Cl)cc3)C2)ncn1. The summed E-state index contributed by atoms with van der Waals surface area (Å²) in [4.78, 5) is 10.9. The summed E-state index contributed by atoms with van der Waals surface area (Å²) in [5.74, 6) is 0.976. The van der Waals surface area contributed by atoms with Gasteiger partial charge in [0.05, 0.1) is 6.61 Å². The van der Waals surface area contributed by atoms with Gasteiger partial charge in [0.1, 0.15) is 18.2 Å². The Labute approximate surface area is 129 Å². The summed E-state index contributed by atoms with van der Waals surface area (Å²) >= 11 is 5.94. The van der Waals surface area contributed by atoms with Gasteiger partial charge >= 0.3 is 0 Å². The van der Waals surface area contributed by atoms with Crippen molar-refractivity contribution < 1.29 is 4.74 Å². The van der Waals surface area contributed by atoms with Crippen molar-refractivity contribution in [1.29, 1.82) is 0 Å². The van der Waals surface area contributed by atoms with Gasteiger partial charge in [0.15, 0.2) is 0 Å². The molecule has 0 unspecified atom stereocenters. The number of benzene rings is 1. The van der Waals surface area contributed by atoms with Crippen LogP contribution in [0.3, 0.4) is 0 Å². The molecule has 2 heterocycles. The zero-order valence-corrected chi connectivity index (χ0v) is 12.8. The van der Waals surface area contributed by atoms with E-state index >= 15 is 0 Å². The van der Waals surface area contributed by atoms with Gasteiger partial charge in [-0.15, -0.1) is 0 Å². The molecule has 0 radical (unpaired) electrons. The van der Waals surface area contributed by atoms with Gasteiger partial charge in [-0.1, -0.05) is 30.7 Å². The molecule has 1 saturated heterocycles. The minimum Gasteiger partial charge on any atom is -0.370 e. The van der Waals surface area contributed by atoms with Crippen molar-refractivity contribution in [3.8, 4) is 0 Å². The summed E-state index contributed by atoms with van der Waals surface area (Å²) in [5.41, 5.74) is 2.21. The number of rotatable bonds is 3. The fourth-order valence-corrected chi connectivity index (χ4v) is 2.61. The number of anilines is 1. The van der Waals surface area contributed by atoms with E-state index < -0.39 is 0 Å². The summed E-state index contributed by atoms with van der Waals surface area (Å²) < 4.78 is 5.88. The van der Waals surface area contributed by atoms with Gasteiger partial charge in [-0.3, -0.25) is 0 Å². The van der Waals surface area contributed by atoms with Gasteiger partial charge in [-0.25, -0.2) is 9.97 Å². The Kier molecular flexibility index (Phi) is 4.36. The third kappa shape index (κ3) is 3.34. The maximum Gasteiger partial charge on any atom is 0.132 e. The van der Waals surface area contributed by atoms with E-state index in [-0.39, 0.29) is 6.10 Å². The minimum atomic E-state index is 0.0519. The van der Waals surface area contributed by atoms with Crippen molar-refractivity contribution in [1.82, 2.24) is 9.97 Å². The lowest BCUT2D eigenvalue weighted by Crippen LogP contribution is -2.38. The molecule has 1 aromatic carbocycles. The second-order valence-corrected chi connectivity index (χ2v) is 5.51. The van der Waals surface area contributed by atoms with E-state index in [2.05, 4.69) is 27.9 Å². The number of ether oxygens (including phenoxy) is 1. The highest BCUT2D eigenvalue weighted by Gasteiger charge is 2.23. The smallest absolute Gasteiger partial charge is 0.132 e. The molecule has 0 N–H and O–H groups in total. The molecule has 2 aromatic rings. The summed E-state index contributed by atoms with van der Waals surface area (Å²) in [6, 6.07) is 9.91. The van der Waals surface area contributed by atoms with Crippen LogP contribution in [-0.4, -0.2) is 29.7 Å². The molecule has 1 aromatic heterocycles. The number of aromatic nitrogens is 2. The average molecular weight is 304 g/mol. The van der Waals surface area contributed by atoms with E-state index in [9.17, 15) is 0 Å². The number of halogens is 1.